The number of anilines is 1. The summed E-state index contributed by atoms with van der Waals surface area (Å²) < 4.78 is 5.59. The van der Waals surface area contributed by atoms with Gasteiger partial charge in [-0.15, -0.1) is 0 Å². The van der Waals surface area contributed by atoms with Crippen LogP contribution in [0.15, 0.2) is 18.2 Å². The summed E-state index contributed by atoms with van der Waals surface area (Å²) in [6.45, 7) is 10.0. The third-order valence-corrected chi connectivity index (χ3v) is 8.17. The summed E-state index contributed by atoms with van der Waals surface area (Å²) >= 11 is 0. The van der Waals surface area contributed by atoms with Crippen LogP contribution in [0.25, 0.3) is 0 Å². The first-order chi connectivity index (χ1) is 18.0. The molecule has 38 heavy (non-hydrogen) atoms. The van der Waals surface area contributed by atoms with Crippen LogP contribution in [0.1, 0.15) is 108 Å². The first-order valence-corrected chi connectivity index (χ1v) is 14.5. The van der Waals surface area contributed by atoms with Crippen LogP contribution in [-0.2, 0) is 25.7 Å². The summed E-state index contributed by atoms with van der Waals surface area (Å²) in [5.74, 6) is 0.732. The number of ether oxygens (including phenoxy) is 1. The van der Waals surface area contributed by atoms with E-state index < -0.39 is 11.6 Å². The summed E-state index contributed by atoms with van der Waals surface area (Å²) in [7, 11) is 0. The number of hydrogen-bond donors (Lipinski definition) is 0. The number of Topliss-reactive ketones (excluding diaryl/α,β-unsaturated/α-hetero) is 2. The van der Waals surface area contributed by atoms with E-state index in [4.69, 9.17) is 4.74 Å². The minimum absolute atomic E-state index is 0.0762. The van der Waals surface area contributed by atoms with E-state index >= 15 is 0 Å². The summed E-state index contributed by atoms with van der Waals surface area (Å²) in [6, 6.07) is 5.35. The number of amides is 1. The van der Waals surface area contributed by atoms with Gasteiger partial charge in [0.1, 0.15) is 11.4 Å². The van der Waals surface area contributed by atoms with Crippen molar-refractivity contribution in [3.05, 3.63) is 29.3 Å². The van der Waals surface area contributed by atoms with E-state index in [1.165, 1.54) is 0 Å². The van der Waals surface area contributed by atoms with E-state index in [1.54, 1.807) is 4.90 Å². The Kier molecular flexibility index (Phi) is 8.94. The molecule has 1 aromatic carbocycles. The number of benzene rings is 1. The molecule has 1 saturated carbocycles. The Hall–Kier alpha value is -2.70. The quantitative estimate of drug-likeness (QED) is 0.485. The topological polar surface area (TPSA) is 84.0 Å². The molecule has 1 amide bonds. The van der Waals surface area contributed by atoms with Gasteiger partial charge >= 0.3 is 5.97 Å². The first-order valence-electron chi connectivity index (χ1n) is 14.5. The molecule has 3 aliphatic rings. The zero-order valence-corrected chi connectivity index (χ0v) is 23.6. The average Bonchev–Trinajstić information content (AvgIpc) is 3.19. The molecule has 4 rings (SSSR count). The van der Waals surface area contributed by atoms with E-state index in [0.717, 1.165) is 50.0 Å². The van der Waals surface area contributed by atoms with Crippen LogP contribution in [0.5, 0.6) is 0 Å². The van der Waals surface area contributed by atoms with E-state index in [0.29, 0.717) is 56.6 Å². The molecule has 0 N–H and O–H groups in total. The van der Waals surface area contributed by atoms with Crippen molar-refractivity contribution >= 4 is 29.1 Å². The van der Waals surface area contributed by atoms with Crippen molar-refractivity contribution in [2.75, 3.05) is 18.0 Å². The number of rotatable bonds is 4. The number of carbonyl (C=O) groups is 4. The Labute approximate surface area is 227 Å². The van der Waals surface area contributed by atoms with Gasteiger partial charge in [-0.1, -0.05) is 13.0 Å². The summed E-state index contributed by atoms with van der Waals surface area (Å²) in [4.78, 5) is 55.4. The first kappa shape index (κ1) is 28.3. The predicted molar refractivity (Wildman–Crippen MR) is 147 cm³/mol. The lowest BCUT2D eigenvalue weighted by molar-refractivity contribution is -0.156. The van der Waals surface area contributed by atoms with Gasteiger partial charge in [0.25, 0.3) is 5.91 Å². The molecule has 2 heterocycles. The van der Waals surface area contributed by atoms with E-state index in [1.807, 2.05) is 32.9 Å². The highest BCUT2D eigenvalue weighted by Gasteiger charge is 2.38. The summed E-state index contributed by atoms with van der Waals surface area (Å²) in [6.07, 6.45) is 6.54. The van der Waals surface area contributed by atoms with Gasteiger partial charge in [0, 0.05) is 62.1 Å². The highest BCUT2D eigenvalue weighted by atomic mass is 16.6. The Bertz CT molecular complexity index is 1060. The molecule has 2 aliphatic heterocycles. The predicted octanol–water partition coefficient (Wildman–Crippen LogP) is 5.48. The molecule has 1 aromatic rings. The van der Waals surface area contributed by atoms with Crippen molar-refractivity contribution in [3.63, 3.8) is 0 Å². The minimum atomic E-state index is -0.533. The lowest BCUT2D eigenvalue weighted by atomic mass is 9.89. The standard InChI is InChI=1S/C31H44N2O5/c1-21-12-13-22(18-29(36)38-31(2,3)4)16-17-32(19-21)26-10-7-9-24-25(26)20-33(30(24)37)27-15-14-23(34)8-5-6-11-28(27)35/h7,9-10,21-22,27H,5-6,8,11-20H2,1-4H3/t21-,22?,27?/m0/s1. The monoisotopic (exact) mass is 524 g/mol. The van der Waals surface area contributed by atoms with E-state index in [2.05, 4.69) is 17.9 Å². The molecule has 0 radical (unpaired) electrons. The van der Waals surface area contributed by atoms with Crippen LogP contribution in [0.2, 0.25) is 0 Å². The van der Waals surface area contributed by atoms with Gasteiger partial charge in [-0.25, -0.2) is 0 Å². The number of hydrogen-bond acceptors (Lipinski definition) is 6. The largest absolute Gasteiger partial charge is 0.460 e. The van der Waals surface area contributed by atoms with Crippen LogP contribution < -0.4 is 4.90 Å². The number of nitrogens with zero attached hydrogens (tertiary/aromatic N) is 2. The number of ketones is 2. The lowest BCUT2D eigenvalue weighted by Gasteiger charge is -2.34. The third-order valence-electron chi connectivity index (χ3n) is 8.17. The van der Waals surface area contributed by atoms with Crippen LogP contribution >= 0.6 is 0 Å². The van der Waals surface area contributed by atoms with Crippen molar-refractivity contribution < 1.29 is 23.9 Å². The molecule has 0 aromatic heterocycles. The normalized spacial score (nSPS) is 25.7. The fourth-order valence-corrected chi connectivity index (χ4v) is 6.19. The molecule has 208 valence electrons. The van der Waals surface area contributed by atoms with Gasteiger partial charge in [0.05, 0.1) is 6.04 Å². The average molecular weight is 525 g/mol. The van der Waals surface area contributed by atoms with Crippen molar-refractivity contribution in [1.82, 2.24) is 4.90 Å². The Balaban J connectivity index is 1.51. The molecule has 7 nitrogen and oxygen atoms in total. The van der Waals surface area contributed by atoms with Crippen LogP contribution in [0.4, 0.5) is 5.69 Å². The Morgan fingerprint density at radius 2 is 1.76 bits per heavy atom. The van der Waals surface area contributed by atoms with Gasteiger partial charge in [-0.05, 0) is 83.3 Å². The Morgan fingerprint density at radius 1 is 1.00 bits per heavy atom. The second-order valence-corrected chi connectivity index (χ2v) is 12.6. The molecule has 3 atom stereocenters. The summed E-state index contributed by atoms with van der Waals surface area (Å²) in [5.41, 5.74) is 2.22. The Morgan fingerprint density at radius 3 is 2.53 bits per heavy atom. The fourth-order valence-electron chi connectivity index (χ4n) is 6.19. The van der Waals surface area contributed by atoms with Gasteiger partial charge in [-0.2, -0.15) is 0 Å². The molecule has 1 aliphatic carbocycles. The van der Waals surface area contributed by atoms with Gasteiger partial charge in [0.15, 0.2) is 5.78 Å². The lowest BCUT2D eigenvalue weighted by Crippen LogP contribution is -2.41. The molecule has 2 fully saturated rings. The van der Waals surface area contributed by atoms with Crippen LogP contribution in [-0.4, -0.2) is 53.1 Å². The third kappa shape index (κ3) is 7.03. The molecule has 7 heteroatoms. The number of esters is 1. The molecule has 0 bridgehead atoms. The van der Waals surface area contributed by atoms with E-state index in [-0.39, 0.29) is 29.4 Å². The zero-order valence-electron chi connectivity index (χ0n) is 23.6. The van der Waals surface area contributed by atoms with Crippen molar-refractivity contribution in [2.24, 2.45) is 11.8 Å². The number of carbonyl (C=O) groups excluding carboxylic acids is 4. The maximum atomic E-state index is 13.5. The SMILES string of the molecule is C[C@H]1CCC(CC(=O)OC(C)(C)C)CCN(c2cccc3c2CN(C2CCC(=O)CCCCC2=O)C3=O)C1. The second-order valence-electron chi connectivity index (χ2n) is 12.6. The fraction of sp³-hybridized carbons (Fsp3) is 0.677. The highest BCUT2D eigenvalue weighted by molar-refractivity contribution is 6.03. The molecule has 0 spiro atoms. The van der Waals surface area contributed by atoms with Crippen molar-refractivity contribution in [2.45, 2.75) is 110 Å². The maximum absolute atomic E-state index is 13.5. The van der Waals surface area contributed by atoms with Crippen molar-refractivity contribution in [1.29, 1.82) is 0 Å². The maximum Gasteiger partial charge on any atom is 0.306 e. The second kappa shape index (κ2) is 12.0. The van der Waals surface area contributed by atoms with Crippen LogP contribution in [0.3, 0.4) is 0 Å². The summed E-state index contributed by atoms with van der Waals surface area (Å²) in [5, 5.41) is 0. The molecular formula is C31H44N2O5. The van der Waals surface area contributed by atoms with Gasteiger partial charge in [0.2, 0.25) is 0 Å². The van der Waals surface area contributed by atoms with Crippen molar-refractivity contribution in [3.8, 4) is 0 Å². The molecule has 1 saturated heterocycles. The van der Waals surface area contributed by atoms with Gasteiger partial charge in [-0.3, -0.25) is 19.2 Å². The molecule has 2 unspecified atom stereocenters. The number of fused-ring (bicyclic) bond motifs is 1. The van der Waals surface area contributed by atoms with E-state index in [9.17, 15) is 19.2 Å². The van der Waals surface area contributed by atoms with Crippen LogP contribution in [0, 0.1) is 11.8 Å². The molecular weight excluding hydrogens is 480 g/mol. The highest BCUT2D eigenvalue weighted by Crippen LogP contribution is 2.36. The van der Waals surface area contributed by atoms with Gasteiger partial charge < -0.3 is 14.5 Å². The minimum Gasteiger partial charge on any atom is -0.460 e. The zero-order chi connectivity index (χ0) is 27.4. The smallest absolute Gasteiger partial charge is 0.306 e.